The number of aromatic carboxylic acids is 1. The first-order valence-corrected chi connectivity index (χ1v) is 13.5. The zero-order valence-electron chi connectivity index (χ0n) is 23.0. The van der Waals surface area contributed by atoms with Crippen molar-refractivity contribution in [2.24, 2.45) is 0 Å². The zero-order chi connectivity index (χ0) is 30.1. The smallest absolute Gasteiger partial charge is 0.335 e. The number of aryl methyl sites for hydroxylation is 1. The Kier molecular flexibility index (Phi) is 7.40. The number of carbonyl (C=O) groups is 1. The number of hydrogen-bond donors (Lipinski definition) is 1. The molecular formula is C31H25FN6O5. The lowest BCUT2D eigenvalue weighted by molar-refractivity contribution is -0.0590. The zero-order valence-corrected chi connectivity index (χ0v) is 23.0. The Morgan fingerprint density at radius 2 is 2.05 bits per heavy atom. The molecule has 216 valence electrons. The number of carboxylic acids is 1. The fraction of sp³-hybridized carbons (Fsp3) is 0.226. The van der Waals surface area contributed by atoms with Crippen molar-refractivity contribution in [3.05, 3.63) is 105 Å². The van der Waals surface area contributed by atoms with Crippen LogP contribution in [0.1, 0.15) is 39.3 Å². The molecule has 3 aromatic heterocycles. The van der Waals surface area contributed by atoms with Crippen LogP contribution in [0.15, 0.2) is 65.6 Å². The molecule has 11 nitrogen and oxygen atoms in total. The van der Waals surface area contributed by atoms with Crippen LogP contribution < -0.4 is 10.3 Å². The molecule has 1 N–H and O–H groups in total. The van der Waals surface area contributed by atoms with Crippen molar-refractivity contribution in [2.45, 2.75) is 39.1 Å². The molecule has 0 bridgehead atoms. The molecule has 1 unspecified atom stereocenters. The molecule has 0 spiro atoms. The summed E-state index contributed by atoms with van der Waals surface area (Å²) < 4.78 is 28.7. The first kappa shape index (κ1) is 27.7. The summed E-state index contributed by atoms with van der Waals surface area (Å²) in [6.07, 6.45) is 2.37. The van der Waals surface area contributed by atoms with Crippen LogP contribution in [-0.2, 0) is 24.4 Å². The quantitative estimate of drug-likeness (QED) is 0.272. The average molecular weight is 581 g/mol. The van der Waals surface area contributed by atoms with E-state index in [0.29, 0.717) is 41.3 Å². The maximum Gasteiger partial charge on any atom is 0.335 e. The average Bonchev–Trinajstić information content (AvgIpc) is 3.32. The van der Waals surface area contributed by atoms with Gasteiger partial charge in [0.15, 0.2) is 0 Å². The highest BCUT2D eigenvalue weighted by molar-refractivity contribution is 5.94. The van der Waals surface area contributed by atoms with Gasteiger partial charge in [0.2, 0.25) is 5.88 Å². The molecule has 6 rings (SSSR count). The molecule has 1 atom stereocenters. The summed E-state index contributed by atoms with van der Waals surface area (Å²) in [6.45, 7) is 2.93. The molecule has 5 aromatic rings. The van der Waals surface area contributed by atoms with Gasteiger partial charge in [0.1, 0.15) is 24.8 Å². The van der Waals surface area contributed by atoms with Crippen LogP contribution in [0.4, 0.5) is 4.39 Å². The first-order chi connectivity index (χ1) is 20.8. The molecular weight excluding hydrogens is 555 g/mol. The number of ether oxygens (including phenoxy) is 2. The van der Waals surface area contributed by atoms with Crippen LogP contribution >= 0.6 is 0 Å². The topological polar surface area (TPSA) is 145 Å². The maximum atomic E-state index is 14.2. The predicted octanol–water partition coefficient (Wildman–Crippen LogP) is 4.09. The Morgan fingerprint density at radius 3 is 2.74 bits per heavy atom. The van der Waals surface area contributed by atoms with Crippen molar-refractivity contribution in [2.75, 3.05) is 6.61 Å². The lowest BCUT2D eigenvalue weighted by Gasteiger charge is -2.27. The van der Waals surface area contributed by atoms with Crippen LogP contribution in [0.5, 0.6) is 5.88 Å². The van der Waals surface area contributed by atoms with Crippen molar-refractivity contribution in [1.82, 2.24) is 24.3 Å². The van der Waals surface area contributed by atoms with Gasteiger partial charge in [0, 0.05) is 29.9 Å². The van der Waals surface area contributed by atoms with Gasteiger partial charge in [-0.25, -0.2) is 23.8 Å². The molecule has 0 amide bonds. The van der Waals surface area contributed by atoms with Crippen LogP contribution in [0.25, 0.3) is 22.3 Å². The number of fused-ring (bicyclic) bond motifs is 1. The predicted molar refractivity (Wildman–Crippen MR) is 152 cm³/mol. The molecule has 1 aliphatic rings. The van der Waals surface area contributed by atoms with Gasteiger partial charge in [0.05, 0.1) is 52.8 Å². The number of nitriles is 1. The largest absolute Gasteiger partial charge is 0.478 e. The van der Waals surface area contributed by atoms with E-state index >= 15 is 0 Å². The second-order valence-electron chi connectivity index (χ2n) is 10.2. The van der Waals surface area contributed by atoms with Crippen LogP contribution in [0.3, 0.4) is 0 Å². The normalized spacial score (nSPS) is 14.3. The summed E-state index contributed by atoms with van der Waals surface area (Å²) >= 11 is 0. The number of hydrogen-bond acceptors (Lipinski definition) is 8. The Hall–Kier alpha value is -5.41. The third-order valence-corrected chi connectivity index (χ3v) is 7.29. The van der Waals surface area contributed by atoms with Crippen molar-refractivity contribution in [3.63, 3.8) is 0 Å². The van der Waals surface area contributed by atoms with E-state index in [1.165, 1.54) is 29.1 Å². The third kappa shape index (κ3) is 5.71. The highest BCUT2D eigenvalue weighted by Gasteiger charge is 2.24. The van der Waals surface area contributed by atoms with E-state index in [1.807, 2.05) is 10.6 Å². The van der Waals surface area contributed by atoms with Crippen molar-refractivity contribution in [1.29, 1.82) is 5.26 Å². The van der Waals surface area contributed by atoms with Gasteiger partial charge in [-0.2, -0.15) is 10.4 Å². The monoisotopic (exact) mass is 580 g/mol. The minimum absolute atomic E-state index is 0.0222. The highest BCUT2D eigenvalue weighted by Crippen LogP contribution is 2.26. The Morgan fingerprint density at radius 1 is 1.21 bits per heavy atom. The van der Waals surface area contributed by atoms with Gasteiger partial charge in [-0.1, -0.05) is 12.1 Å². The minimum atomic E-state index is -1.03. The SMILES string of the molecule is Cc1cc(C(=O)O)cc2c1nc(Cn1ncc(-c3cccc(OCc4ccc(C#N)cc4F)n3)cc1=O)n2CC1CCO1. The van der Waals surface area contributed by atoms with Gasteiger partial charge in [-0.05, 0) is 49.2 Å². The fourth-order valence-electron chi connectivity index (χ4n) is 4.89. The molecule has 43 heavy (non-hydrogen) atoms. The molecule has 0 saturated carbocycles. The Labute approximate surface area is 244 Å². The first-order valence-electron chi connectivity index (χ1n) is 13.5. The molecule has 4 heterocycles. The summed E-state index contributed by atoms with van der Waals surface area (Å²) in [7, 11) is 0. The fourth-order valence-corrected chi connectivity index (χ4v) is 4.89. The third-order valence-electron chi connectivity index (χ3n) is 7.29. The van der Waals surface area contributed by atoms with E-state index in [1.54, 1.807) is 37.3 Å². The van der Waals surface area contributed by atoms with E-state index in [4.69, 9.17) is 19.7 Å². The van der Waals surface area contributed by atoms with Gasteiger partial charge in [-0.15, -0.1) is 0 Å². The molecule has 0 aliphatic carbocycles. The van der Waals surface area contributed by atoms with Gasteiger partial charge in [-0.3, -0.25) is 4.79 Å². The van der Waals surface area contributed by atoms with Crippen LogP contribution in [-0.4, -0.2) is 48.1 Å². The van der Waals surface area contributed by atoms with Crippen molar-refractivity contribution in [3.8, 4) is 23.2 Å². The van der Waals surface area contributed by atoms with Gasteiger partial charge < -0.3 is 19.1 Å². The summed E-state index contributed by atoms with van der Waals surface area (Å²) in [5.41, 5.74) is 3.22. The van der Waals surface area contributed by atoms with E-state index in [0.717, 1.165) is 18.1 Å². The number of benzene rings is 2. The van der Waals surface area contributed by atoms with Gasteiger partial charge in [0.25, 0.3) is 5.56 Å². The Bertz CT molecular complexity index is 1970. The summed E-state index contributed by atoms with van der Waals surface area (Å²) in [4.78, 5) is 34.1. The summed E-state index contributed by atoms with van der Waals surface area (Å²) in [5.74, 6) is -0.790. The molecule has 12 heteroatoms. The molecule has 2 aromatic carbocycles. The van der Waals surface area contributed by atoms with Crippen molar-refractivity contribution >= 4 is 17.0 Å². The number of imidazole rings is 1. The van der Waals surface area contributed by atoms with E-state index in [-0.39, 0.29) is 47.4 Å². The number of rotatable bonds is 9. The molecule has 1 saturated heterocycles. The number of halogens is 1. The number of aromatic nitrogens is 5. The van der Waals surface area contributed by atoms with E-state index in [2.05, 4.69) is 10.1 Å². The maximum absolute atomic E-state index is 14.2. The number of carboxylic acid groups (broad SMARTS) is 1. The lowest BCUT2D eigenvalue weighted by Crippen LogP contribution is -2.32. The van der Waals surface area contributed by atoms with E-state index in [9.17, 15) is 19.1 Å². The lowest BCUT2D eigenvalue weighted by atomic mass is 10.1. The van der Waals surface area contributed by atoms with E-state index < -0.39 is 11.8 Å². The Balaban J connectivity index is 1.25. The van der Waals surface area contributed by atoms with Crippen molar-refractivity contribution < 1.29 is 23.8 Å². The summed E-state index contributed by atoms with van der Waals surface area (Å²) in [6, 6.07) is 15.6. The molecule has 1 aliphatic heterocycles. The number of pyridine rings is 1. The molecule has 1 fully saturated rings. The molecule has 0 radical (unpaired) electrons. The highest BCUT2D eigenvalue weighted by atomic mass is 19.1. The second-order valence-corrected chi connectivity index (χ2v) is 10.2. The van der Waals surface area contributed by atoms with Crippen LogP contribution in [0.2, 0.25) is 0 Å². The van der Waals surface area contributed by atoms with Gasteiger partial charge >= 0.3 is 5.97 Å². The second kappa shape index (κ2) is 11.5. The number of nitrogens with zero attached hydrogens (tertiary/aromatic N) is 6. The summed E-state index contributed by atoms with van der Waals surface area (Å²) in [5, 5.41) is 22.9. The minimum Gasteiger partial charge on any atom is -0.478 e. The van der Waals surface area contributed by atoms with Crippen LogP contribution in [0, 0.1) is 24.1 Å². The standard InChI is InChI=1S/C31H25FN6O5/c1-18-9-21(31(40)41)11-26-30(18)36-27(37(26)15-23-7-8-42-23)16-38-29(39)12-22(14-34-38)25-3-2-4-28(35-25)43-17-20-6-5-19(13-33)10-24(20)32/h2-6,9-12,14,23H,7-8,15-17H2,1H3,(H,40,41).